The summed E-state index contributed by atoms with van der Waals surface area (Å²) in [6, 6.07) is 3.63. The van der Waals surface area contributed by atoms with E-state index in [9.17, 15) is 4.79 Å². The van der Waals surface area contributed by atoms with Gasteiger partial charge in [-0.05, 0) is 35.0 Å². The number of halogens is 1. The highest BCUT2D eigenvalue weighted by atomic mass is 79.9. The molecule has 0 aromatic carbocycles. The van der Waals surface area contributed by atoms with Crippen molar-refractivity contribution in [3.63, 3.8) is 0 Å². The van der Waals surface area contributed by atoms with Gasteiger partial charge in [-0.15, -0.1) is 0 Å². The van der Waals surface area contributed by atoms with Crippen LogP contribution in [-0.2, 0) is 9.53 Å². The van der Waals surface area contributed by atoms with E-state index in [0.29, 0.717) is 6.61 Å². The zero-order chi connectivity index (χ0) is 11.1. The van der Waals surface area contributed by atoms with Crippen molar-refractivity contribution in [2.24, 2.45) is 0 Å². The van der Waals surface area contributed by atoms with E-state index in [4.69, 9.17) is 4.74 Å². The van der Waals surface area contributed by atoms with Crippen LogP contribution in [0.2, 0.25) is 0 Å². The van der Waals surface area contributed by atoms with Gasteiger partial charge in [0.05, 0.1) is 6.61 Å². The Morgan fingerprint density at radius 2 is 2.40 bits per heavy atom. The van der Waals surface area contributed by atoms with Gasteiger partial charge < -0.3 is 4.74 Å². The number of carbonyl (C=O) groups excluding carboxylic acids is 1. The molecular formula is C11H10BrNO2. The van der Waals surface area contributed by atoms with E-state index >= 15 is 0 Å². The topological polar surface area (TPSA) is 39.2 Å². The molecule has 1 aromatic rings. The van der Waals surface area contributed by atoms with Crippen molar-refractivity contribution < 1.29 is 9.53 Å². The molecule has 0 saturated carbocycles. The van der Waals surface area contributed by atoms with Crippen molar-refractivity contribution in [2.45, 2.75) is 13.3 Å². The van der Waals surface area contributed by atoms with Crippen molar-refractivity contribution in [2.75, 3.05) is 6.61 Å². The minimum absolute atomic E-state index is 0.115. The Kier molecular flexibility index (Phi) is 4.85. The lowest BCUT2D eigenvalue weighted by Crippen LogP contribution is -2.01. The molecule has 0 spiro atoms. The largest absolute Gasteiger partial charge is 0.465 e. The summed E-state index contributed by atoms with van der Waals surface area (Å²) >= 11 is 3.22. The lowest BCUT2D eigenvalue weighted by atomic mass is 10.3. The van der Waals surface area contributed by atoms with E-state index in [1.54, 1.807) is 19.2 Å². The van der Waals surface area contributed by atoms with Crippen LogP contribution in [0.5, 0.6) is 0 Å². The SMILES string of the molecule is CCOC(=O)CC#Cc1ccc(Br)nc1. The van der Waals surface area contributed by atoms with Crippen molar-refractivity contribution in [3.8, 4) is 11.8 Å². The first-order valence-electron chi connectivity index (χ1n) is 4.48. The second-order valence-electron chi connectivity index (χ2n) is 2.65. The first-order chi connectivity index (χ1) is 7.22. The van der Waals surface area contributed by atoms with Crippen LogP contribution in [0, 0.1) is 11.8 Å². The van der Waals surface area contributed by atoms with E-state index < -0.39 is 0 Å². The van der Waals surface area contributed by atoms with E-state index in [1.165, 1.54) is 0 Å². The molecule has 0 atom stereocenters. The molecule has 0 aliphatic carbocycles. The molecule has 4 heteroatoms. The molecule has 1 rings (SSSR count). The van der Waals surface area contributed by atoms with Crippen molar-refractivity contribution in [1.29, 1.82) is 0 Å². The van der Waals surface area contributed by atoms with Gasteiger partial charge in [0.25, 0.3) is 0 Å². The normalized spacial score (nSPS) is 8.93. The smallest absolute Gasteiger partial charge is 0.317 e. The average Bonchev–Trinajstić information content (AvgIpc) is 2.21. The van der Waals surface area contributed by atoms with Gasteiger partial charge in [-0.25, -0.2) is 4.98 Å². The molecule has 0 aliphatic rings. The number of hydrogen-bond donors (Lipinski definition) is 0. The van der Waals surface area contributed by atoms with Crippen LogP contribution in [0.1, 0.15) is 18.9 Å². The summed E-state index contributed by atoms with van der Waals surface area (Å²) in [6.45, 7) is 2.16. The highest BCUT2D eigenvalue weighted by Crippen LogP contribution is 2.04. The quantitative estimate of drug-likeness (QED) is 0.468. The van der Waals surface area contributed by atoms with Gasteiger partial charge >= 0.3 is 5.97 Å². The Hall–Kier alpha value is -1.34. The third kappa shape index (κ3) is 4.61. The van der Waals surface area contributed by atoms with Crippen molar-refractivity contribution >= 4 is 21.9 Å². The fraction of sp³-hybridized carbons (Fsp3) is 0.273. The molecule has 0 bridgehead atoms. The maximum Gasteiger partial charge on any atom is 0.317 e. The first kappa shape index (κ1) is 11.7. The first-order valence-corrected chi connectivity index (χ1v) is 5.27. The summed E-state index contributed by atoms with van der Waals surface area (Å²) in [5.41, 5.74) is 0.780. The highest BCUT2D eigenvalue weighted by Gasteiger charge is 1.96. The fourth-order valence-corrected chi connectivity index (χ4v) is 1.11. The monoisotopic (exact) mass is 267 g/mol. The van der Waals surface area contributed by atoms with Gasteiger partial charge in [-0.3, -0.25) is 4.79 Å². The lowest BCUT2D eigenvalue weighted by molar-refractivity contribution is -0.141. The van der Waals surface area contributed by atoms with Gasteiger partial charge in [0, 0.05) is 11.8 Å². The average molecular weight is 268 g/mol. The molecule has 78 valence electrons. The molecule has 0 radical (unpaired) electrons. The molecule has 0 unspecified atom stereocenters. The summed E-state index contributed by atoms with van der Waals surface area (Å²) in [4.78, 5) is 15.0. The predicted molar refractivity (Wildman–Crippen MR) is 60.1 cm³/mol. The minimum Gasteiger partial charge on any atom is -0.465 e. The molecule has 15 heavy (non-hydrogen) atoms. The van der Waals surface area contributed by atoms with Crippen LogP contribution in [0.3, 0.4) is 0 Å². The number of ether oxygens (including phenoxy) is 1. The number of aromatic nitrogens is 1. The second kappa shape index (κ2) is 6.20. The molecule has 0 aliphatic heterocycles. The van der Waals surface area contributed by atoms with E-state index in [1.807, 2.05) is 6.07 Å². The Morgan fingerprint density at radius 3 is 3.00 bits per heavy atom. The molecule has 1 heterocycles. The number of rotatable bonds is 2. The molecule has 0 amide bonds. The third-order valence-electron chi connectivity index (χ3n) is 1.50. The van der Waals surface area contributed by atoms with E-state index in [2.05, 4.69) is 32.8 Å². The summed E-state index contributed by atoms with van der Waals surface area (Å²) in [7, 11) is 0. The van der Waals surface area contributed by atoms with Gasteiger partial charge in [-0.2, -0.15) is 0 Å². The van der Waals surface area contributed by atoms with Crippen LogP contribution in [0.4, 0.5) is 0 Å². The third-order valence-corrected chi connectivity index (χ3v) is 1.97. The Labute approximate surface area is 97.0 Å². The molecular weight excluding hydrogens is 258 g/mol. The number of carbonyl (C=O) groups is 1. The molecule has 0 N–H and O–H groups in total. The maximum atomic E-state index is 10.9. The summed E-state index contributed by atoms with van der Waals surface area (Å²) < 4.78 is 5.50. The maximum absolute atomic E-state index is 10.9. The van der Waals surface area contributed by atoms with Crippen molar-refractivity contribution in [3.05, 3.63) is 28.5 Å². The van der Waals surface area contributed by atoms with Gasteiger partial charge in [-0.1, -0.05) is 11.8 Å². The van der Waals surface area contributed by atoms with Gasteiger partial charge in [0.1, 0.15) is 11.0 Å². The van der Waals surface area contributed by atoms with Gasteiger partial charge in [0.2, 0.25) is 0 Å². The van der Waals surface area contributed by atoms with Crippen LogP contribution in [0.15, 0.2) is 22.9 Å². The van der Waals surface area contributed by atoms with Crippen LogP contribution in [0.25, 0.3) is 0 Å². The fourth-order valence-electron chi connectivity index (χ4n) is 0.880. The Balaban J connectivity index is 2.51. The Morgan fingerprint density at radius 1 is 1.60 bits per heavy atom. The van der Waals surface area contributed by atoms with Crippen LogP contribution >= 0.6 is 15.9 Å². The van der Waals surface area contributed by atoms with E-state index in [0.717, 1.165) is 10.2 Å². The van der Waals surface area contributed by atoms with E-state index in [-0.39, 0.29) is 12.4 Å². The zero-order valence-electron chi connectivity index (χ0n) is 8.29. The number of esters is 1. The van der Waals surface area contributed by atoms with Crippen LogP contribution < -0.4 is 0 Å². The standard InChI is InChI=1S/C11H10BrNO2/c1-2-15-11(14)5-3-4-9-6-7-10(12)13-8-9/h6-8H,2,5H2,1H3. The minimum atomic E-state index is -0.296. The lowest BCUT2D eigenvalue weighted by Gasteiger charge is -1.94. The summed E-state index contributed by atoms with van der Waals surface area (Å²) in [6.07, 6.45) is 1.76. The molecule has 0 saturated heterocycles. The van der Waals surface area contributed by atoms with Crippen LogP contribution in [-0.4, -0.2) is 17.6 Å². The Bertz CT molecular complexity index is 389. The summed E-state index contributed by atoms with van der Waals surface area (Å²) in [5, 5.41) is 0. The number of pyridine rings is 1. The number of hydrogen-bond acceptors (Lipinski definition) is 3. The second-order valence-corrected chi connectivity index (χ2v) is 3.47. The molecule has 1 aromatic heterocycles. The van der Waals surface area contributed by atoms with Crippen molar-refractivity contribution in [1.82, 2.24) is 4.98 Å². The van der Waals surface area contributed by atoms with Gasteiger partial charge in [0.15, 0.2) is 0 Å². The molecule has 3 nitrogen and oxygen atoms in total. The highest BCUT2D eigenvalue weighted by molar-refractivity contribution is 9.10. The molecule has 0 fully saturated rings. The predicted octanol–water partition coefficient (Wildman–Crippen LogP) is 2.15. The summed E-state index contributed by atoms with van der Waals surface area (Å²) in [5.74, 6) is 5.26. The zero-order valence-corrected chi connectivity index (χ0v) is 9.87. The number of nitrogens with zero attached hydrogens (tertiary/aromatic N) is 1.